The van der Waals surface area contributed by atoms with Gasteiger partial charge in [-0.25, -0.2) is 0 Å². The molecule has 1 aromatic rings. The van der Waals surface area contributed by atoms with E-state index < -0.39 is 0 Å². The van der Waals surface area contributed by atoms with Crippen molar-refractivity contribution in [2.45, 2.75) is 32.7 Å². The van der Waals surface area contributed by atoms with Crippen molar-refractivity contribution in [3.63, 3.8) is 0 Å². The highest BCUT2D eigenvalue weighted by molar-refractivity contribution is 5.85. The van der Waals surface area contributed by atoms with Crippen molar-refractivity contribution in [2.75, 3.05) is 19.6 Å². The van der Waals surface area contributed by atoms with E-state index in [0.717, 1.165) is 45.4 Å². The molecule has 1 amide bonds. The summed E-state index contributed by atoms with van der Waals surface area (Å²) in [6.07, 6.45) is 2.82. The lowest BCUT2D eigenvalue weighted by molar-refractivity contribution is -0.127. The van der Waals surface area contributed by atoms with Crippen LogP contribution in [0.4, 0.5) is 0 Å². The summed E-state index contributed by atoms with van der Waals surface area (Å²) in [5, 5.41) is 3.44. The molecule has 0 atom stereocenters. The van der Waals surface area contributed by atoms with E-state index in [1.807, 2.05) is 4.90 Å². The first kappa shape index (κ1) is 16.0. The maximum atomic E-state index is 11.4. The lowest BCUT2D eigenvalue weighted by Crippen LogP contribution is -2.28. The normalized spacial score (nSPS) is 14.6. The second-order valence-electron chi connectivity index (χ2n) is 4.94. The zero-order valence-electron chi connectivity index (χ0n) is 11.5. The fourth-order valence-corrected chi connectivity index (χ4v) is 2.37. The first-order valence-electron chi connectivity index (χ1n) is 6.80. The second-order valence-corrected chi connectivity index (χ2v) is 4.94. The van der Waals surface area contributed by atoms with Crippen molar-refractivity contribution in [1.29, 1.82) is 0 Å². The number of likely N-dealkylation sites (tertiary alicyclic amines) is 1. The summed E-state index contributed by atoms with van der Waals surface area (Å²) in [6.45, 7) is 5.88. The van der Waals surface area contributed by atoms with Crippen LogP contribution in [0, 0.1) is 6.92 Å². The Balaban J connectivity index is 0.00000180. The fraction of sp³-hybridized carbons (Fsp3) is 0.533. The van der Waals surface area contributed by atoms with Crippen LogP contribution in [0.25, 0.3) is 0 Å². The molecule has 0 saturated carbocycles. The largest absolute Gasteiger partial charge is 0.343 e. The number of rotatable bonds is 6. The predicted molar refractivity (Wildman–Crippen MR) is 80.6 cm³/mol. The molecule has 1 heterocycles. The van der Waals surface area contributed by atoms with Crippen LogP contribution >= 0.6 is 12.4 Å². The number of halogens is 1. The van der Waals surface area contributed by atoms with Crippen molar-refractivity contribution in [3.8, 4) is 0 Å². The Hall–Kier alpha value is -1.06. The van der Waals surface area contributed by atoms with E-state index in [1.165, 1.54) is 11.1 Å². The summed E-state index contributed by atoms with van der Waals surface area (Å²) in [5.41, 5.74) is 2.69. The average molecular weight is 283 g/mol. The molecule has 1 N–H and O–H groups in total. The summed E-state index contributed by atoms with van der Waals surface area (Å²) < 4.78 is 0. The van der Waals surface area contributed by atoms with E-state index in [2.05, 4.69) is 36.5 Å². The van der Waals surface area contributed by atoms with Gasteiger partial charge in [-0.05, 0) is 37.4 Å². The minimum Gasteiger partial charge on any atom is -0.343 e. The summed E-state index contributed by atoms with van der Waals surface area (Å²) in [5.74, 6) is 0.328. The van der Waals surface area contributed by atoms with Crippen LogP contribution in [0.5, 0.6) is 0 Å². The molecule has 106 valence electrons. The number of nitrogens with zero attached hydrogens (tertiary/aromatic N) is 1. The maximum absolute atomic E-state index is 11.4. The van der Waals surface area contributed by atoms with Gasteiger partial charge in [-0.3, -0.25) is 4.79 Å². The van der Waals surface area contributed by atoms with E-state index >= 15 is 0 Å². The van der Waals surface area contributed by atoms with Gasteiger partial charge in [0, 0.05) is 26.1 Å². The van der Waals surface area contributed by atoms with Gasteiger partial charge < -0.3 is 10.2 Å². The molecule has 19 heavy (non-hydrogen) atoms. The zero-order valence-corrected chi connectivity index (χ0v) is 12.3. The number of hydrogen-bond donors (Lipinski definition) is 1. The van der Waals surface area contributed by atoms with E-state index in [-0.39, 0.29) is 12.4 Å². The van der Waals surface area contributed by atoms with Crippen molar-refractivity contribution in [1.82, 2.24) is 10.2 Å². The number of aryl methyl sites for hydroxylation is 1. The topological polar surface area (TPSA) is 32.3 Å². The molecule has 1 saturated heterocycles. The van der Waals surface area contributed by atoms with Gasteiger partial charge in [-0.15, -0.1) is 12.4 Å². The third-order valence-corrected chi connectivity index (χ3v) is 3.53. The summed E-state index contributed by atoms with van der Waals surface area (Å²) >= 11 is 0. The van der Waals surface area contributed by atoms with Gasteiger partial charge in [0.15, 0.2) is 0 Å². The molecule has 1 aliphatic heterocycles. The quantitative estimate of drug-likeness (QED) is 0.813. The number of carbonyl (C=O) groups excluding carboxylic acids is 1. The summed E-state index contributed by atoms with van der Waals surface area (Å²) in [4.78, 5) is 13.4. The molecular weight excluding hydrogens is 260 g/mol. The maximum Gasteiger partial charge on any atom is 0.222 e. The molecule has 0 bridgehead atoms. The monoisotopic (exact) mass is 282 g/mol. The fourth-order valence-electron chi connectivity index (χ4n) is 2.37. The first-order chi connectivity index (χ1) is 8.77. The molecule has 0 spiro atoms. The zero-order chi connectivity index (χ0) is 12.8. The van der Waals surface area contributed by atoms with E-state index in [0.29, 0.717) is 5.91 Å². The van der Waals surface area contributed by atoms with Crippen molar-refractivity contribution in [3.05, 3.63) is 35.4 Å². The van der Waals surface area contributed by atoms with Crippen molar-refractivity contribution in [2.24, 2.45) is 0 Å². The molecule has 3 nitrogen and oxygen atoms in total. The molecule has 2 rings (SSSR count). The smallest absolute Gasteiger partial charge is 0.222 e. The lowest BCUT2D eigenvalue weighted by Gasteiger charge is -2.15. The predicted octanol–water partition coefficient (Wildman–Crippen LogP) is 2.52. The molecule has 1 aliphatic rings. The lowest BCUT2D eigenvalue weighted by atomic mass is 10.1. The van der Waals surface area contributed by atoms with Crippen molar-refractivity contribution >= 4 is 18.3 Å². The van der Waals surface area contributed by atoms with Gasteiger partial charge in [0.2, 0.25) is 5.91 Å². The Kier molecular flexibility index (Phi) is 6.89. The van der Waals surface area contributed by atoms with Crippen LogP contribution in [0.2, 0.25) is 0 Å². The van der Waals surface area contributed by atoms with E-state index in [9.17, 15) is 4.79 Å². The molecule has 1 fully saturated rings. The van der Waals surface area contributed by atoms with Crippen molar-refractivity contribution < 1.29 is 4.79 Å². The van der Waals surface area contributed by atoms with Crippen LogP contribution in [-0.2, 0) is 11.3 Å². The first-order valence-corrected chi connectivity index (χ1v) is 6.80. The van der Waals surface area contributed by atoms with Gasteiger partial charge in [0.05, 0.1) is 0 Å². The van der Waals surface area contributed by atoms with Crippen LogP contribution < -0.4 is 5.32 Å². The van der Waals surface area contributed by atoms with Gasteiger partial charge in [-0.1, -0.05) is 24.3 Å². The number of benzene rings is 1. The Morgan fingerprint density at radius 3 is 2.79 bits per heavy atom. The molecule has 0 radical (unpaired) electrons. The Labute approximate surface area is 121 Å². The summed E-state index contributed by atoms with van der Waals surface area (Å²) in [7, 11) is 0. The highest BCUT2D eigenvalue weighted by Gasteiger charge is 2.18. The Bertz CT molecular complexity index is 409. The molecule has 0 aliphatic carbocycles. The highest BCUT2D eigenvalue weighted by Crippen LogP contribution is 2.09. The number of nitrogens with one attached hydrogen (secondary N) is 1. The molecule has 1 aromatic carbocycles. The average Bonchev–Trinajstić information content (AvgIpc) is 2.77. The number of carbonyl (C=O) groups is 1. The standard InChI is InChI=1S/C15H22N2O.ClH/c1-13-6-2-3-7-14(13)12-16-9-5-11-17-10-4-8-15(17)18;/h2-3,6-7,16H,4-5,8-12H2,1H3;1H. The van der Waals surface area contributed by atoms with Crippen LogP contribution in [0.1, 0.15) is 30.4 Å². The van der Waals surface area contributed by atoms with Crippen LogP contribution in [-0.4, -0.2) is 30.4 Å². The van der Waals surface area contributed by atoms with E-state index in [4.69, 9.17) is 0 Å². The molecule has 4 heteroatoms. The highest BCUT2D eigenvalue weighted by atomic mass is 35.5. The minimum absolute atomic E-state index is 0. The third kappa shape index (κ3) is 4.84. The second kappa shape index (κ2) is 8.18. The Morgan fingerprint density at radius 2 is 2.11 bits per heavy atom. The number of amides is 1. The van der Waals surface area contributed by atoms with Gasteiger partial charge >= 0.3 is 0 Å². The Morgan fingerprint density at radius 1 is 1.32 bits per heavy atom. The van der Waals surface area contributed by atoms with Crippen LogP contribution in [0.3, 0.4) is 0 Å². The minimum atomic E-state index is 0. The van der Waals surface area contributed by atoms with E-state index in [1.54, 1.807) is 0 Å². The van der Waals surface area contributed by atoms with Gasteiger partial charge in [0.25, 0.3) is 0 Å². The summed E-state index contributed by atoms with van der Waals surface area (Å²) in [6, 6.07) is 8.44. The SMILES string of the molecule is Cc1ccccc1CNCCCN1CCCC1=O.Cl. The molecule has 0 unspecified atom stereocenters. The van der Waals surface area contributed by atoms with Gasteiger partial charge in [-0.2, -0.15) is 0 Å². The number of hydrogen-bond acceptors (Lipinski definition) is 2. The van der Waals surface area contributed by atoms with Crippen LogP contribution in [0.15, 0.2) is 24.3 Å². The van der Waals surface area contributed by atoms with Gasteiger partial charge in [0.1, 0.15) is 0 Å². The molecular formula is C15H23ClN2O. The molecule has 0 aromatic heterocycles. The third-order valence-electron chi connectivity index (χ3n) is 3.53.